The molecule has 0 amide bonds. The number of aliphatic hydroxyl groups excluding tert-OH is 1. The molecule has 7 heteroatoms. The fourth-order valence-corrected chi connectivity index (χ4v) is 4.93. The van der Waals surface area contributed by atoms with Gasteiger partial charge in [0.25, 0.3) is 5.56 Å². The van der Waals surface area contributed by atoms with Crippen LogP contribution in [-0.2, 0) is 6.42 Å². The van der Waals surface area contributed by atoms with Crippen LogP contribution in [0.1, 0.15) is 42.9 Å². The van der Waals surface area contributed by atoms with Crippen LogP contribution in [0, 0.1) is 0 Å². The number of aromatic nitrogens is 4. The standard InChI is InChI=1S/C24H24N4O2S/c1-31-21-9-8-15(13-26-21)11-16-12-18-23(17-5-4-10-25-22(16)17)27-14-28(24(18)30)19-6-2-3-7-20(19)29/h4-5,8-10,12-14,19-20,29H,2-3,6-7,11H2,1H3/t19-,20-/m0/s1. The van der Waals surface area contributed by atoms with Crippen LogP contribution >= 0.6 is 11.8 Å². The Labute approximate surface area is 184 Å². The average molecular weight is 433 g/mol. The van der Waals surface area contributed by atoms with E-state index in [9.17, 15) is 9.90 Å². The topological polar surface area (TPSA) is 80.9 Å². The maximum absolute atomic E-state index is 13.5. The van der Waals surface area contributed by atoms with Gasteiger partial charge in [-0.25, -0.2) is 9.97 Å². The van der Waals surface area contributed by atoms with Crippen molar-refractivity contribution >= 4 is 33.6 Å². The van der Waals surface area contributed by atoms with Gasteiger partial charge in [0.2, 0.25) is 0 Å². The average Bonchev–Trinajstić information content (AvgIpc) is 2.81. The highest BCUT2D eigenvalue weighted by Gasteiger charge is 2.26. The Balaban J connectivity index is 1.67. The zero-order chi connectivity index (χ0) is 21.4. The Morgan fingerprint density at radius 2 is 1.97 bits per heavy atom. The first kappa shape index (κ1) is 20.2. The van der Waals surface area contributed by atoms with E-state index in [0.29, 0.717) is 17.3 Å². The first-order chi connectivity index (χ1) is 15.2. The third-order valence-electron chi connectivity index (χ3n) is 6.17. The molecule has 0 aliphatic heterocycles. The predicted molar refractivity (Wildman–Crippen MR) is 124 cm³/mol. The van der Waals surface area contributed by atoms with Gasteiger partial charge in [-0.1, -0.05) is 18.9 Å². The van der Waals surface area contributed by atoms with E-state index >= 15 is 0 Å². The lowest BCUT2D eigenvalue weighted by atomic mass is 9.92. The highest BCUT2D eigenvalue weighted by Crippen LogP contribution is 2.30. The van der Waals surface area contributed by atoms with Gasteiger partial charge in [0, 0.05) is 24.2 Å². The van der Waals surface area contributed by atoms with Gasteiger partial charge in [0.05, 0.1) is 39.9 Å². The Kier molecular flexibility index (Phi) is 5.46. The minimum Gasteiger partial charge on any atom is -0.391 e. The minimum atomic E-state index is -0.506. The summed E-state index contributed by atoms with van der Waals surface area (Å²) < 4.78 is 1.63. The molecule has 4 aromatic rings. The van der Waals surface area contributed by atoms with Crippen molar-refractivity contribution in [2.45, 2.75) is 49.3 Å². The molecule has 0 radical (unpaired) electrons. The molecule has 3 aromatic heterocycles. The van der Waals surface area contributed by atoms with E-state index in [1.165, 1.54) is 0 Å². The molecule has 1 fully saturated rings. The molecule has 0 unspecified atom stereocenters. The lowest BCUT2D eigenvalue weighted by Gasteiger charge is -2.29. The number of hydrogen-bond acceptors (Lipinski definition) is 6. The molecular formula is C24H24N4O2S. The van der Waals surface area contributed by atoms with Crippen LogP contribution in [0.4, 0.5) is 0 Å². The van der Waals surface area contributed by atoms with E-state index < -0.39 is 6.10 Å². The first-order valence-corrected chi connectivity index (χ1v) is 11.8. The fraction of sp³-hybridized carbons (Fsp3) is 0.333. The molecule has 6 nitrogen and oxygen atoms in total. The Bertz CT molecular complexity index is 1300. The number of pyridine rings is 2. The van der Waals surface area contributed by atoms with Gasteiger partial charge in [-0.05, 0) is 54.5 Å². The van der Waals surface area contributed by atoms with Crippen molar-refractivity contribution in [3.8, 4) is 0 Å². The summed E-state index contributed by atoms with van der Waals surface area (Å²) in [6, 6.07) is 9.63. The van der Waals surface area contributed by atoms with E-state index in [1.54, 1.807) is 28.9 Å². The minimum absolute atomic E-state index is 0.0983. The smallest absolute Gasteiger partial charge is 0.261 e. The number of aliphatic hydroxyl groups is 1. The van der Waals surface area contributed by atoms with Gasteiger partial charge >= 0.3 is 0 Å². The van der Waals surface area contributed by atoms with E-state index in [1.807, 2.05) is 36.7 Å². The van der Waals surface area contributed by atoms with E-state index in [0.717, 1.165) is 52.7 Å². The van der Waals surface area contributed by atoms with Crippen LogP contribution in [0.5, 0.6) is 0 Å². The van der Waals surface area contributed by atoms with Crippen molar-refractivity contribution in [1.29, 1.82) is 0 Å². The van der Waals surface area contributed by atoms with Crippen molar-refractivity contribution in [3.05, 3.63) is 70.5 Å². The second kappa shape index (κ2) is 8.40. The fourth-order valence-electron chi connectivity index (χ4n) is 4.57. The van der Waals surface area contributed by atoms with Crippen molar-refractivity contribution in [2.24, 2.45) is 0 Å². The van der Waals surface area contributed by atoms with Crippen molar-refractivity contribution in [2.75, 3.05) is 6.26 Å². The van der Waals surface area contributed by atoms with Crippen LogP contribution in [0.15, 0.2) is 58.9 Å². The molecule has 1 aliphatic carbocycles. The number of thioether (sulfide) groups is 1. The zero-order valence-corrected chi connectivity index (χ0v) is 18.2. The maximum atomic E-state index is 13.5. The summed E-state index contributed by atoms with van der Waals surface area (Å²) in [5, 5.41) is 12.9. The number of rotatable bonds is 4. The molecule has 0 bridgehead atoms. The summed E-state index contributed by atoms with van der Waals surface area (Å²) in [5.41, 5.74) is 3.46. The number of benzene rings is 1. The molecule has 0 spiro atoms. The molecule has 1 aliphatic rings. The second-order valence-corrected chi connectivity index (χ2v) is 8.92. The first-order valence-electron chi connectivity index (χ1n) is 10.6. The summed E-state index contributed by atoms with van der Waals surface area (Å²) >= 11 is 1.61. The van der Waals surface area contributed by atoms with Gasteiger partial charge in [-0.15, -0.1) is 11.8 Å². The van der Waals surface area contributed by atoms with Gasteiger partial charge < -0.3 is 5.11 Å². The molecule has 1 aromatic carbocycles. The number of fused-ring (bicyclic) bond motifs is 3. The van der Waals surface area contributed by atoms with Gasteiger partial charge in [0.1, 0.15) is 0 Å². The second-order valence-electron chi connectivity index (χ2n) is 8.09. The Morgan fingerprint density at radius 1 is 1.10 bits per heavy atom. The summed E-state index contributed by atoms with van der Waals surface area (Å²) in [7, 11) is 0. The van der Waals surface area contributed by atoms with Crippen LogP contribution in [-0.4, -0.2) is 37.0 Å². The third-order valence-corrected chi connectivity index (χ3v) is 6.83. The zero-order valence-electron chi connectivity index (χ0n) is 17.4. The van der Waals surface area contributed by atoms with Crippen LogP contribution in [0.2, 0.25) is 0 Å². The quantitative estimate of drug-likeness (QED) is 0.386. The molecule has 3 heterocycles. The largest absolute Gasteiger partial charge is 0.391 e. The maximum Gasteiger partial charge on any atom is 0.261 e. The van der Waals surface area contributed by atoms with E-state index in [2.05, 4.69) is 21.0 Å². The highest BCUT2D eigenvalue weighted by atomic mass is 32.2. The molecule has 2 atom stereocenters. The summed E-state index contributed by atoms with van der Waals surface area (Å²) in [5.74, 6) is 0. The molecule has 1 saturated carbocycles. The molecule has 5 rings (SSSR count). The summed E-state index contributed by atoms with van der Waals surface area (Å²) in [6.07, 6.45) is 10.9. The predicted octanol–water partition coefficient (Wildman–Crippen LogP) is 4.13. The Morgan fingerprint density at radius 3 is 2.74 bits per heavy atom. The molecule has 0 saturated heterocycles. The normalized spacial score (nSPS) is 19.2. The molecule has 158 valence electrons. The molecular weight excluding hydrogens is 408 g/mol. The monoisotopic (exact) mass is 432 g/mol. The number of hydrogen-bond donors (Lipinski definition) is 1. The van der Waals surface area contributed by atoms with Crippen molar-refractivity contribution in [3.63, 3.8) is 0 Å². The third kappa shape index (κ3) is 3.72. The van der Waals surface area contributed by atoms with Gasteiger partial charge in [-0.3, -0.25) is 14.3 Å². The van der Waals surface area contributed by atoms with E-state index in [4.69, 9.17) is 0 Å². The highest BCUT2D eigenvalue weighted by molar-refractivity contribution is 7.98. The van der Waals surface area contributed by atoms with Crippen molar-refractivity contribution in [1.82, 2.24) is 19.5 Å². The molecule has 1 N–H and O–H groups in total. The van der Waals surface area contributed by atoms with Crippen LogP contribution in [0.25, 0.3) is 21.8 Å². The molecule has 31 heavy (non-hydrogen) atoms. The summed E-state index contributed by atoms with van der Waals surface area (Å²) in [6.45, 7) is 0. The van der Waals surface area contributed by atoms with Crippen molar-refractivity contribution < 1.29 is 5.11 Å². The lowest BCUT2D eigenvalue weighted by Crippen LogP contribution is -2.34. The van der Waals surface area contributed by atoms with Crippen LogP contribution < -0.4 is 5.56 Å². The SMILES string of the molecule is CSc1ccc(Cc2cc3c(=O)n([C@H]4CCCC[C@@H]4O)cnc3c3cccnc23)cn1. The van der Waals surface area contributed by atoms with E-state index in [-0.39, 0.29) is 11.6 Å². The summed E-state index contributed by atoms with van der Waals surface area (Å²) in [4.78, 5) is 27.2. The lowest BCUT2D eigenvalue weighted by molar-refractivity contribution is 0.0735. The van der Waals surface area contributed by atoms with Gasteiger partial charge in [-0.2, -0.15) is 0 Å². The number of nitrogens with zero attached hydrogens (tertiary/aromatic N) is 4. The Hall–Kier alpha value is -2.77. The van der Waals surface area contributed by atoms with Crippen LogP contribution in [0.3, 0.4) is 0 Å². The van der Waals surface area contributed by atoms with Gasteiger partial charge in [0.15, 0.2) is 0 Å².